The van der Waals surface area contributed by atoms with Crippen LogP contribution < -0.4 is 4.74 Å². The largest absolute Gasteiger partial charge is 0.507 e. The number of phenolic OH excluding ortho intramolecular Hbond substituents is 1. The molecule has 0 aliphatic carbocycles. The number of carbonyl (C=O) groups is 2. The molecule has 3 aromatic rings. The van der Waals surface area contributed by atoms with Crippen LogP contribution in [0.1, 0.15) is 22.7 Å². The molecule has 1 aliphatic rings. The number of pyridine rings is 1. The lowest BCUT2D eigenvalue weighted by Gasteiger charge is -2.25. The van der Waals surface area contributed by atoms with Crippen molar-refractivity contribution < 1.29 is 28.9 Å². The van der Waals surface area contributed by atoms with Gasteiger partial charge in [-0.05, 0) is 53.6 Å². The molecule has 32 heavy (non-hydrogen) atoms. The molecule has 0 bridgehead atoms. The summed E-state index contributed by atoms with van der Waals surface area (Å²) < 4.78 is 18.5. The quantitative estimate of drug-likeness (QED) is 0.362. The van der Waals surface area contributed by atoms with Crippen LogP contribution in [0.25, 0.3) is 5.76 Å². The summed E-state index contributed by atoms with van der Waals surface area (Å²) in [6, 6.07) is 11.9. The maximum atomic E-state index is 13.4. The van der Waals surface area contributed by atoms with E-state index >= 15 is 0 Å². The molecular formula is C24H19FN2O5. The second-order valence-corrected chi connectivity index (χ2v) is 7.23. The zero-order valence-electron chi connectivity index (χ0n) is 17.0. The number of benzene rings is 2. The Morgan fingerprint density at radius 3 is 2.56 bits per heavy atom. The van der Waals surface area contributed by atoms with E-state index in [1.54, 1.807) is 30.6 Å². The summed E-state index contributed by atoms with van der Waals surface area (Å²) in [5, 5.41) is 20.9. The maximum Gasteiger partial charge on any atom is 0.295 e. The van der Waals surface area contributed by atoms with Gasteiger partial charge in [0.15, 0.2) is 11.5 Å². The minimum Gasteiger partial charge on any atom is -0.507 e. The number of nitrogens with zero attached hydrogens (tertiary/aromatic N) is 2. The van der Waals surface area contributed by atoms with Crippen LogP contribution in [-0.2, 0) is 16.1 Å². The topological polar surface area (TPSA) is 100.0 Å². The Balaban J connectivity index is 1.89. The number of ether oxygens (including phenoxy) is 1. The molecule has 0 spiro atoms. The van der Waals surface area contributed by atoms with E-state index in [9.17, 15) is 24.2 Å². The van der Waals surface area contributed by atoms with Gasteiger partial charge in [0.25, 0.3) is 11.7 Å². The molecule has 1 saturated heterocycles. The van der Waals surface area contributed by atoms with Gasteiger partial charge in [0.05, 0.1) is 18.7 Å². The second kappa shape index (κ2) is 8.50. The number of phenols is 1. The lowest BCUT2D eigenvalue weighted by Crippen LogP contribution is -2.29. The average Bonchev–Trinajstić information content (AvgIpc) is 3.05. The van der Waals surface area contributed by atoms with Crippen LogP contribution in [0.4, 0.5) is 4.39 Å². The fourth-order valence-corrected chi connectivity index (χ4v) is 3.71. The van der Waals surface area contributed by atoms with E-state index in [0.29, 0.717) is 11.1 Å². The molecule has 1 atom stereocenters. The van der Waals surface area contributed by atoms with Gasteiger partial charge in [-0.1, -0.05) is 12.1 Å². The van der Waals surface area contributed by atoms with Crippen molar-refractivity contribution in [2.24, 2.45) is 0 Å². The van der Waals surface area contributed by atoms with Crippen LogP contribution in [0, 0.1) is 5.82 Å². The number of rotatable bonds is 5. The molecule has 2 N–H and O–H groups in total. The summed E-state index contributed by atoms with van der Waals surface area (Å²) >= 11 is 0. The van der Waals surface area contributed by atoms with Crippen LogP contribution in [-0.4, -0.2) is 38.9 Å². The summed E-state index contributed by atoms with van der Waals surface area (Å²) in [5.74, 6) is -2.55. The highest BCUT2D eigenvalue weighted by atomic mass is 19.1. The van der Waals surface area contributed by atoms with Crippen molar-refractivity contribution in [2.75, 3.05) is 7.11 Å². The molecule has 0 unspecified atom stereocenters. The minimum absolute atomic E-state index is 0.0620. The SMILES string of the molecule is COc1cc([C@H]2C(=C(O)c3ccc(F)cc3)C(=O)C(=O)N2Cc2cccnc2)ccc1O. The number of hydrogen-bond acceptors (Lipinski definition) is 6. The first-order chi connectivity index (χ1) is 15.4. The summed E-state index contributed by atoms with van der Waals surface area (Å²) in [6.07, 6.45) is 3.17. The van der Waals surface area contributed by atoms with E-state index in [1.807, 2.05) is 0 Å². The molecule has 1 aliphatic heterocycles. The molecule has 1 amide bonds. The highest BCUT2D eigenvalue weighted by molar-refractivity contribution is 6.46. The highest BCUT2D eigenvalue weighted by Crippen LogP contribution is 2.42. The minimum atomic E-state index is -0.963. The average molecular weight is 434 g/mol. The number of carbonyl (C=O) groups excluding carboxylic acids is 2. The Hall–Kier alpha value is -4.20. The van der Waals surface area contributed by atoms with Gasteiger partial charge in [-0.3, -0.25) is 14.6 Å². The van der Waals surface area contributed by atoms with Crippen molar-refractivity contribution in [2.45, 2.75) is 12.6 Å². The van der Waals surface area contributed by atoms with Gasteiger partial charge in [-0.15, -0.1) is 0 Å². The molecule has 8 heteroatoms. The molecule has 1 aromatic heterocycles. The molecule has 1 fully saturated rings. The molecule has 2 heterocycles. The molecule has 162 valence electrons. The van der Waals surface area contributed by atoms with Crippen LogP contribution in [0.2, 0.25) is 0 Å². The zero-order chi connectivity index (χ0) is 22.8. The molecule has 0 radical (unpaired) electrons. The number of ketones is 1. The number of aliphatic hydroxyl groups excluding tert-OH is 1. The van der Waals surface area contributed by atoms with Crippen molar-refractivity contribution in [3.05, 3.63) is 95.1 Å². The number of aromatic nitrogens is 1. The normalized spacial score (nSPS) is 17.6. The molecular weight excluding hydrogens is 415 g/mol. The number of Topliss-reactive ketones (excluding diaryl/α,β-unsaturated/α-hetero) is 1. The first kappa shape index (κ1) is 21.0. The van der Waals surface area contributed by atoms with Crippen molar-refractivity contribution in [1.29, 1.82) is 0 Å². The van der Waals surface area contributed by atoms with Crippen molar-refractivity contribution in [3.8, 4) is 11.5 Å². The number of amides is 1. The molecule has 7 nitrogen and oxygen atoms in total. The smallest absolute Gasteiger partial charge is 0.295 e. The number of aliphatic hydroxyl groups is 1. The van der Waals surface area contributed by atoms with Gasteiger partial charge in [0.2, 0.25) is 0 Å². The summed E-state index contributed by atoms with van der Waals surface area (Å²) in [5.41, 5.74) is 1.19. The second-order valence-electron chi connectivity index (χ2n) is 7.23. The van der Waals surface area contributed by atoms with Crippen molar-refractivity contribution >= 4 is 17.4 Å². The third kappa shape index (κ3) is 3.78. The van der Waals surface area contributed by atoms with Crippen LogP contribution >= 0.6 is 0 Å². The summed E-state index contributed by atoms with van der Waals surface area (Å²) in [4.78, 5) is 31.4. The van der Waals surface area contributed by atoms with Gasteiger partial charge < -0.3 is 19.8 Å². The Morgan fingerprint density at radius 1 is 1.16 bits per heavy atom. The number of hydrogen-bond donors (Lipinski definition) is 2. The number of methoxy groups -OCH3 is 1. The van der Waals surface area contributed by atoms with Crippen molar-refractivity contribution in [3.63, 3.8) is 0 Å². The fraction of sp³-hybridized carbons (Fsp3) is 0.125. The van der Waals surface area contributed by atoms with E-state index < -0.39 is 29.3 Å². The lowest BCUT2D eigenvalue weighted by molar-refractivity contribution is -0.140. The van der Waals surface area contributed by atoms with Crippen molar-refractivity contribution in [1.82, 2.24) is 9.88 Å². The highest BCUT2D eigenvalue weighted by Gasteiger charge is 2.46. The summed E-state index contributed by atoms with van der Waals surface area (Å²) in [6.45, 7) is 0.0620. The zero-order valence-corrected chi connectivity index (χ0v) is 17.0. The van der Waals surface area contributed by atoms with Crippen LogP contribution in [0.3, 0.4) is 0 Å². The van der Waals surface area contributed by atoms with Crippen LogP contribution in [0.5, 0.6) is 11.5 Å². The molecule has 0 saturated carbocycles. The maximum absolute atomic E-state index is 13.4. The van der Waals surface area contributed by atoms with E-state index in [-0.39, 0.29) is 29.2 Å². The first-order valence-corrected chi connectivity index (χ1v) is 9.71. The van der Waals surface area contributed by atoms with Gasteiger partial charge in [-0.2, -0.15) is 0 Å². The van der Waals surface area contributed by atoms with Gasteiger partial charge in [0, 0.05) is 24.5 Å². The van der Waals surface area contributed by atoms with Gasteiger partial charge in [0.1, 0.15) is 11.6 Å². The molecule has 2 aromatic carbocycles. The van der Waals surface area contributed by atoms with E-state index in [1.165, 1.54) is 36.3 Å². The predicted molar refractivity (Wildman–Crippen MR) is 113 cm³/mol. The predicted octanol–water partition coefficient (Wildman–Crippen LogP) is 3.56. The number of halogens is 1. The van der Waals surface area contributed by atoms with Crippen LogP contribution in [0.15, 0.2) is 72.6 Å². The van der Waals surface area contributed by atoms with E-state index in [0.717, 1.165) is 12.1 Å². The van der Waals surface area contributed by atoms with Gasteiger partial charge in [-0.25, -0.2) is 4.39 Å². The Bertz CT molecular complexity index is 1210. The number of aromatic hydroxyl groups is 1. The monoisotopic (exact) mass is 434 g/mol. The summed E-state index contributed by atoms with van der Waals surface area (Å²) in [7, 11) is 1.38. The molecule has 4 rings (SSSR count). The Labute approximate surface area is 183 Å². The Kier molecular flexibility index (Phi) is 5.59. The standard InChI is InChI=1S/C24H19FN2O5/c1-32-19-11-16(6-9-18(19)28)21-20(22(29)15-4-7-17(25)8-5-15)23(30)24(31)27(21)13-14-3-2-10-26-12-14/h2-12,21,28-29H,13H2,1H3/t21-/m0/s1. The third-order valence-corrected chi connectivity index (χ3v) is 5.25. The lowest BCUT2D eigenvalue weighted by atomic mass is 9.95. The van der Waals surface area contributed by atoms with E-state index in [2.05, 4.69) is 4.98 Å². The Morgan fingerprint density at radius 2 is 1.91 bits per heavy atom. The third-order valence-electron chi connectivity index (χ3n) is 5.25. The van der Waals surface area contributed by atoms with Gasteiger partial charge >= 0.3 is 0 Å². The fourth-order valence-electron chi connectivity index (χ4n) is 3.71. The number of likely N-dealkylation sites (tertiary alicyclic amines) is 1. The first-order valence-electron chi connectivity index (χ1n) is 9.71. The van der Waals surface area contributed by atoms with E-state index in [4.69, 9.17) is 4.74 Å².